The van der Waals surface area contributed by atoms with Crippen molar-refractivity contribution >= 4 is 40.8 Å². The van der Waals surface area contributed by atoms with Crippen LogP contribution in [0.1, 0.15) is 18.4 Å². The van der Waals surface area contributed by atoms with Gasteiger partial charge in [0.25, 0.3) is 0 Å². The lowest BCUT2D eigenvalue weighted by molar-refractivity contribution is -0.119. The smallest absolute Gasteiger partial charge is 0.323 e. The van der Waals surface area contributed by atoms with Crippen molar-refractivity contribution in [3.05, 3.63) is 78.2 Å². The molecular weight excluding hydrogens is 569 g/mol. The summed E-state index contributed by atoms with van der Waals surface area (Å²) in [5, 5.41) is 8.63. The minimum atomic E-state index is -0.354. The average Bonchev–Trinajstić information content (AvgIpc) is 3.00. The van der Waals surface area contributed by atoms with Crippen LogP contribution in [0.3, 0.4) is 0 Å². The topological polar surface area (TPSA) is 102 Å². The predicted molar refractivity (Wildman–Crippen MR) is 168 cm³/mol. The maximum Gasteiger partial charge on any atom is 0.323 e. The van der Waals surface area contributed by atoms with Gasteiger partial charge in [0.2, 0.25) is 5.91 Å². The highest BCUT2D eigenvalue weighted by atomic mass is 32.1. The summed E-state index contributed by atoms with van der Waals surface area (Å²) in [6.07, 6.45) is 4.04. The third-order valence-corrected chi connectivity index (χ3v) is 7.86. The maximum atomic E-state index is 13.1. The lowest BCUT2D eigenvalue weighted by Gasteiger charge is -2.42. The SMILES string of the molecule is CN1CCC(N2CCN(C(=O)Nc3cc(Oc4ccc(NC(=S)NC(=O)Cc5ccc(F)cc5)cc4)ccn3)CC2)CC1. The van der Waals surface area contributed by atoms with E-state index in [9.17, 15) is 14.0 Å². The fraction of sp³-hybridized carbons (Fsp3) is 0.355. The molecule has 1 aromatic heterocycles. The van der Waals surface area contributed by atoms with Gasteiger partial charge in [-0.1, -0.05) is 12.1 Å². The Morgan fingerprint density at radius 1 is 0.930 bits per heavy atom. The number of piperidine rings is 1. The van der Waals surface area contributed by atoms with Crippen molar-refractivity contribution in [1.29, 1.82) is 0 Å². The number of thiocarbonyl (C=S) groups is 1. The van der Waals surface area contributed by atoms with Gasteiger partial charge >= 0.3 is 6.03 Å². The first kappa shape index (κ1) is 30.3. The van der Waals surface area contributed by atoms with Gasteiger partial charge in [-0.05, 0) is 93.2 Å². The fourth-order valence-electron chi connectivity index (χ4n) is 5.25. The summed E-state index contributed by atoms with van der Waals surface area (Å²) in [4.78, 5) is 36.2. The monoisotopic (exact) mass is 605 g/mol. The summed E-state index contributed by atoms with van der Waals surface area (Å²) in [5.41, 5.74) is 1.35. The molecule has 0 aliphatic carbocycles. The van der Waals surface area contributed by atoms with Crippen molar-refractivity contribution in [2.24, 2.45) is 0 Å². The quantitative estimate of drug-likeness (QED) is 0.343. The average molecular weight is 606 g/mol. The van der Waals surface area contributed by atoms with Gasteiger partial charge in [0.15, 0.2) is 5.11 Å². The summed E-state index contributed by atoms with van der Waals surface area (Å²) in [7, 11) is 2.17. The van der Waals surface area contributed by atoms with Gasteiger partial charge in [0.05, 0.1) is 6.42 Å². The highest BCUT2D eigenvalue weighted by Gasteiger charge is 2.28. The number of carbonyl (C=O) groups is 2. The van der Waals surface area contributed by atoms with Crippen LogP contribution in [0.15, 0.2) is 66.9 Å². The Bertz CT molecular complexity index is 1410. The molecule has 3 aromatic rings. The van der Waals surface area contributed by atoms with Crippen LogP contribution < -0.4 is 20.7 Å². The number of nitrogens with zero attached hydrogens (tertiary/aromatic N) is 4. The molecular formula is C31H36FN7O3S. The van der Waals surface area contributed by atoms with E-state index < -0.39 is 0 Å². The van der Waals surface area contributed by atoms with Crippen LogP contribution in [0.2, 0.25) is 0 Å². The summed E-state index contributed by atoms with van der Waals surface area (Å²) in [6, 6.07) is 16.6. The standard InChI is InChI=1S/C31H36FN7O3S/c1-37-14-11-25(12-15-37)38-16-18-39(19-17-38)31(41)35-28-21-27(10-13-33-28)42-26-8-6-24(7-9-26)34-30(43)36-29(40)20-22-2-4-23(32)5-3-22/h2-10,13,21,25H,11-12,14-20H2,1H3,(H,33,35,41)(H2,34,36,40,43). The second kappa shape index (κ2) is 14.4. The zero-order valence-electron chi connectivity index (χ0n) is 24.1. The minimum Gasteiger partial charge on any atom is -0.457 e. The van der Waals surface area contributed by atoms with E-state index in [1.165, 1.54) is 25.0 Å². The van der Waals surface area contributed by atoms with E-state index in [2.05, 4.69) is 37.8 Å². The van der Waals surface area contributed by atoms with Crippen molar-refractivity contribution in [3.8, 4) is 11.5 Å². The highest BCUT2D eigenvalue weighted by Crippen LogP contribution is 2.25. The van der Waals surface area contributed by atoms with Crippen molar-refractivity contribution < 1.29 is 18.7 Å². The number of amides is 3. The molecule has 2 aliphatic rings. The number of carbonyl (C=O) groups excluding carboxylic acids is 2. The van der Waals surface area contributed by atoms with Crippen molar-refractivity contribution in [2.75, 3.05) is 56.9 Å². The molecule has 226 valence electrons. The van der Waals surface area contributed by atoms with E-state index >= 15 is 0 Å². The molecule has 43 heavy (non-hydrogen) atoms. The van der Waals surface area contributed by atoms with E-state index in [-0.39, 0.29) is 29.3 Å². The number of urea groups is 1. The van der Waals surface area contributed by atoms with Crippen LogP contribution in [0.4, 0.5) is 20.7 Å². The molecule has 0 unspecified atom stereocenters. The lowest BCUT2D eigenvalue weighted by atomic mass is 10.0. The van der Waals surface area contributed by atoms with Gasteiger partial charge < -0.3 is 25.2 Å². The first-order valence-electron chi connectivity index (χ1n) is 14.4. The molecule has 0 radical (unpaired) electrons. The molecule has 5 rings (SSSR count). The molecule has 0 spiro atoms. The number of benzene rings is 2. The van der Waals surface area contributed by atoms with Gasteiger partial charge in [-0.2, -0.15) is 0 Å². The Kier molecular flexibility index (Phi) is 10.1. The van der Waals surface area contributed by atoms with Crippen molar-refractivity contribution in [2.45, 2.75) is 25.3 Å². The molecule has 12 heteroatoms. The Balaban J connectivity index is 1.06. The number of ether oxygens (including phenoxy) is 1. The lowest BCUT2D eigenvalue weighted by Crippen LogP contribution is -2.54. The molecule has 0 atom stereocenters. The van der Waals surface area contributed by atoms with Crippen LogP contribution in [-0.2, 0) is 11.2 Å². The van der Waals surface area contributed by atoms with E-state index in [0.717, 1.165) is 26.2 Å². The van der Waals surface area contributed by atoms with Crippen LogP contribution in [-0.4, -0.2) is 89.1 Å². The van der Waals surface area contributed by atoms with Crippen molar-refractivity contribution in [3.63, 3.8) is 0 Å². The number of halogens is 1. The minimum absolute atomic E-state index is 0.0818. The number of piperazine rings is 1. The number of hydrogen-bond donors (Lipinski definition) is 3. The molecule has 2 aliphatic heterocycles. The Labute approximate surface area is 256 Å². The van der Waals surface area contributed by atoms with E-state index in [0.29, 0.717) is 47.7 Å². The molecule has 10 nitrogen and oxygen atoms in total. The summed E-state index contributed by atoms with van der Waals surface area (Å²) in [6.45, 7) is 5.41. The zero-order chi connectivity index (χ0) is 30.2. The molecule has 2 saturated heterocycles. The van der Waals surface area contributed by atoms with E-state index in [4.69, 9.17) is 17.0 Å². The number of likely N-dealkylation sites (tertiary alicyclic amines) is 1. The number of anilines is 2. The Morgan fingerprint density at radius 2 is 1.63 bits per heavy atom. The summed E-state index contributed by atoms with van der Waals surface area (Å²) < 4.78 is 19.0. The zero-order valence-corrected chi connectivity index (χ0v) is 24.9. The molecule has 0 bridgehead atoms. The van der Waals surface area contributed by atoms with Gasteiger partial charge in [-0.15, -0.1) is 0 Å². The third-order valence-electron chi connectivity index (χ3n) is 7.65. The number of hydrogen-bond acceptors (Lipinski definition) is 7. The Morgan fingerprint density at radius 3 is 2.33 bits per heavy atom. The number of pyridine rings is 1. The summed E-state index contributed by atoms with van der Waals surface area (Å²) in [5.74, 6) is 0.860. The van der Waals surface area contributed by atoms with Gasteiger partial charge in [-0.25, -0.2) is 14.2 Å². The van der Waals surface area contributed by atoms with E-state index in [1.807, 2.05) is 4.90 Å². The first-order valence-corrected chi connectivity index (χ1v) is 14.8. The van der Waals surface area contributed by atoms with Gasteiger partial charge in [-0.3, -0.25) is 15.0 Å². The first-order chi connectivity index (χ1) is 20.8. The fourth-order valence-corrected chi connectivity index (χ4v) is 5.48. The predicted octanol–water partition coefficient (Wildman–Crippen LogP) is 4.31. The normalized spacial score (nSPS) is 16.4. The molecule has 3 amide bonds. The van der Waals surface area contributed by atoms with E-state index in [1.54, 1.807) is 54.7 Å². The second-order valence-electron chi connectivity index (χ2n) is 10.8. The summed E-state index contributed by atoms with van der Waals surface area (Å²) >= 11 is 5.24. The Hall–Kier alpha value is -4.13. The van der Waals surface area contributed by atoms with Crippen LogP contribution >= 0.6 is 12.2 Å². The second-order valence-corrected chi connectivity index (χ2v) is 11.2. The molecule has 0 saturated carbocycles. The van der Waals surface area contributed by atoms with Crippen molar-refractivity contribution in [1.82, 2.24) is 25.0 Å². The molecule has 3 N–H and O–H groups in total. The number of rotatable bonds is 7. The van der Waals surface area contributed by atoms with Crippen LogP contribution in [0.5, 0.6) is 11.5 Å². The molecule has 3 heterocycles. The third kappa shape index (κ3) is 8.93. The number of aromatic nitrogens is 1. The molecule has 2 fully saturated rings. The van der Waals surface area contributed by atoms with Gasteiger partial charge in [0.1, 0.15) is 23.1 Å². The largest absolute Gasteiger partial charge is 0.457 e. The number of nitrogens with one attached hydrogen (secondary N) is 3. The highest BCUT2D eigenvalue weighted by molar-refractivity contribution is 7.80. The van der Waals surface area contributed by atoms with Crippen LogP contribution in [0, 0.1) is 5.82 Å². The van der Waals surface area contributed by atoms with Crippen LogP contribution in [0.25, 0.3) is 0 Å². The maximum absolute atomic E-state index is 13.1. The van der Waals surface area contributed by atoms with Gasteiger partial charge in [0, 0.05) is 50.2 Å². The molecule has 2 aromatic carbocycles.